The van der Waals surface area contributed by atoms with Gasteiger partial charge in [-0.1, -0.05) is 12.1 Å². The molecule has 0 unspecified atom stereocenters. The van der Waals surface area contributed by atoms with Gasteiger partial charge in [-0.25, -0.2) is 9.97 Å². The Morgan fingerprint density at radius 2 is 2.04 bits per heavy atom. The third-order valence-corrected chi connectivity index (χ3v) is 5.49. The summed E-state index contributed by atoms with van der Waals surface area (Å²) in [6.45, 7) is 0.0353. The third-order valence-electron chi connectivity index (χ3n) is 4.31. The van der Waals surface area contributed by atoms with Crippen molar-refractivity contribution < 1.29 is 9.66 Å². The number of nitrogens with two attached hydrogens (primary N) is 1. The van der Waals surface area contributed by atoms with E-state index in [1.807, 2.05) is 0 Å². The van der Waals surface area contributed by atoms with Gasteiger partial charge in [-0.2, -0.15) is 0 Å². The van der Waals surface area contributed by atoms with Crippen molar-refractivity contribution in [3.8, 4) is 5.75 Å². The van der Waals surface area contributed by atoms with Crippen LogP contribution in [0.1, 0.15) is 29.1 Å². The SMILES string of the molecule is Nc1nc(COc2ccccc2[N+](=O)[O-])nc2sc3c(c12)CCCC3. The molecule has 0 spiro atoms. The van der Waals surface area contributed by atoms with Gasteiger partial charge in [0.05, 0.1) is 10.3 Å². The number of hydrogen-bond acceptors (Lipinski definition) is 7. The smallest absolute Gasteiger partial charge is 0.310 e. The van der Waals surface area contributed by atoms with Crippen LogP contribution in [0, 0.1) is 10.1 Å². The van der Waals surface area contributed by atoms with E-state index in [0.29, 0.717) is 11.6 Å². The fraction of sp³-hybridized carbons (Fsp3) is 0.294. The fourth-order valence-corrected chi connectivity index (χ4v) is 4.46. The maximum atomic E-state index is 11.1. The van der Waals surface area contributed by atoms with E-state index < -0.39 is 4.92 Å². The van der Waals surface area contributed by atoms with Crippen molar-refractivity contribution in [3.05, 3.63) is 50.6 Å². The first-order valence-corrected chi connectivity index (χ1v) is 8.88. The van der Waals surface area contributed by atoms with Crippen molar-refractivity contribution in [2.45, 2.75) is 32.3 Å². The Bertz CT molecular complexity index is 970. The molecular formula is C17H16N4O3S. The standard InChI is InChI=1S/C17H16N4O3S/c18-16-15-10-5-1-4-8-13(10)25-17(15)20-14(19-16)9-24-12-7-3-2-6-11(12)21(22)23/h2-3,6-7H,1,4-5,8-9H2,(H2,18,19,20). The average molecular weight is 356 g/mol. The normalized spacial score (nSPS) is 13.6. The van der Waals surface area contributed by atoms with Crippen LogP contribution in [0.4, 0.5) is 11.5 Å². The van der Waals surface area contributed by atoms with Gasteiger partial charge in [-0.3, -0.25) is 10.1 Å². The number of thiophene rings is 1. The zero-order valence-electron chi connectivity index (χ0n) is 13.4. The lowest BCUT2D eigenvalue weighted by Gasteiger charge is -2.11. The van der Waals surface area contributed by atoms with Gasteiger partial charge >= 0.3 is 5.69 Å². The molecular weight excluding hydrogens is 340 g/mol. The van der Waals surface area contributed by atoms with E-state index in [-0.39, 0.29) is 18.0 Å². The molecule has 2 heterocycles. The van der Waals surface area contributed by atoms with Crippen molar-refractivity contribution in [1.82, 2.24) is 9.97 Å². The summed E-state index contributed by atoms with van der Waals surface area (Å²) < 4.78 is 5.57. The molecule has 128 valence electrons. The van der Waals surface area contributed by atoms with Crippen LogP contribution < -0.4 is 10.5 Å². The van der Waals surface area contributed by atoms with E-state index in [0.717, 1.165) is 23.1 Å². The quantitative estimate of drug-likeness (QED) is 0.565. The van der Waals surface area contributed by atoms with Crippen molar-refractivity contribution in [2.75, 3.05) is 5.73 Å². The average Bonchev–Trinajstić information content (AvgIpc) is 2.99. The van der Waals surface area contributed by atoms with Crippen LogP contribution >= 0.6 is 11.3 Å². The molecule has 0 amide bonds. The van der Waals surface area contributed by atoms with Crippen molar-refractivity contribution in [1.29, 1.82) is 0 Å². The Hall–Kier alpha value is -2.74. The Labute approximate surface area is 147 Å². The zero-order valence-corrected chi connectivity index (χ0v) is 14.2. The van der Waals surface area contributed by atoms with E-state index in [9.17, 15) is 10.1 Å². The number of aryl methyl sites for hydroxylation is 2. The summed E-state index contributed by atoms with van der Waals surface area (Å²) in [5.74, 6) is 1.09. The van der Waals surface area contributed by atoms with Crippen molar-refractivity contribution >= 4 is 33.1 Å². The Kier molecular flexibility index (Phi) is 3.96. The van der Waals surface area contributed by atoms with Gasteiger partial charge in [0.25, 0.3) is 0 Å². The molecule has 3 aromatic rings. The van der Waals surface area contributed by atoms with Crippen LogP contribution in [0.3, 0.4) is 0 Å². The molecule has 8 heteroatoms. The number of aromatic nitrogens is 2. The highest BCUT2D eigenvalue weighted by atomic mass is 32.1. The minimum absolute atomic E-state index is 0.0353. The van der Waals surface area contributed by atoms with Crippen LogP contribution in [0.15, 0.2) is 24.3 Å². The van der Waals surface area contributed by atoms with Gasteiger partial charge in [0.2, 0.25) is 0 Å². The summed E-state index contributed by atoms with van der Waals surface area (Å²) in [5.41, 5.74) is 7.37. The second-order valence-electron chi connectivity index (χ2n) is 5.93. The summed E-state index contributed by atoms with van der Waals surface area (Å²) in [5, 5.41) is 12.0. The van der Waals surface area contributed by atoms with Crippen molar-refractivity contribution in [3.63, 3.8) is 0 Å². The molecule has 0 atom stereocenters. The lowest BCUT2D eigenvalue weighted by atomic mass is 9.97. The molecule has 7 nitrogen and oxygen atoms in total. The number of benzene rings is 1. The minimum Gasteiger partial charge on any atom is -0.479 e. The Morgan fingerprint density at radius 3 is 2.88 bits per heavy atom. The molecule has 1 aliphatic carbocycles. The van der Waals surface area contributed by atoms with E-state index in [4.69, 9.17) is 10.5 Å². The van der Waals surface area contributed by atoms with Crippen LogP contribution in [0.25, 0.3) is 10.2 Å². The maximum absolute atomic E-state index is 11.1. The van der Waals surface area contributed by atoms with Gasteiger partial charge in [0.1, 0.15) is 17.3 Å². The number of nitro benzene ring substituents is 1. The molecule has 0 saturated carbocycles. The number of nitro groups is 1. The Morgan fingerprint density at radius 1 is 1.24 bits per heavy atom. The second kappa shape index (κ2) is 6.29. The van der Waals surface area contributed by atoms with Gasteiger partial charge in [0.15, 0.2) is 11.6 Å². The van der Waals surface area contributed by atoms with Crippen LogP contribution in [-0.2, 0) is 19.4 Å². The molecule has 4 rings (SSSR count). The molecule has 0 bridgehead atoms. The zero-order chi connectivity index (χ0) is 17.4. The summed E-state index contributed by atoms with van der Waals surface area (Å²) in [6.07, 6.45) is 4.45. The number of fused-ring (bicyclic) bond motifs is 3. The molecule has 0 fully saturated rings. The lowest BCUT2D eigenvalue weighted by Crippen LogP contribution is -2.06. The first kappa shape index (κ1) is 15.8. The highest BCUT2D eigenvalue weighted by Gasteiger charge is 2.20. The van der Waals surface area contributed by atoms with E-state index in [2.05, 4.69) is 9.97 Å². The molecule has 2 aromatic heterocycles. The van der Waals surface area contributed by atoms with Crippen LogP contribution in [0.5, 0.6) is 5.75 Å². The maximum Gasteiger partial charge on any atom is 0.310 e. The second-order valence-corrected chi connectivity index (χ2v) is 7.01. The predicted octanol–water partition coefficient (Wildman–Crippen LogP) is 3.64. The molecule has 25 heavy (non-hydrogen) atoms. The summed E-state index contributed by atoms with van der Waals surface area (Å²) in [7, 11) is 0. The fourth-order valence-electron chi connectivity index (χ4n) is 3.17. The van der Waals surface area contributed by atoms with Gasteiger partial charge in [0, 0.05) is 10.9 Å². The highest BCUT2D eigenvalue weighted by Crippen LogP contribution is 2.37. The number of anilines is 1. The minimum atomic E-state index is -0.471. The van der Waals surface area contributed by atoms with Crippen LogP contribution in [-0.4, -0.2) is 14.9 Å². The molecule has 0 radical (unpaired) electrons. The van der Waals surface area contributed by atoms with Gasteiger partial charge in [-0.05, 0) is 37.3 Å². The number of rotatable bonds is 4. The van der Waals surface area contributed by atoms with Crippen molar-refractivity contribution in [2.24, 2.45) is 0 Å². The molecule has 1 aliphatic rings. The largest absolute Gasteiger partial charge is 0.479 e. The Balaban J connectivity index is 1.64. The molecule has 1 aromatic carbocycles. The first-order chi connectivity index (χ1) is 12.1. The van der Waals surface area contributed by atoms with Gasteiger partial charge in [-0.15, -0.1) is 11.3 Å². The van der Waals surface area contributed by atoms with Gasteiger partial charge < -0.3 is 10.5 Å². The monoisotopic (exact) mass is 356 g/mol. The number of nitrogens with zero attached hydrogens (tertiary/aromatic N) is 3. The summed E-state index contributed by atoms with van der Waals surface area (Å²) in [4.78, 5) is 21.7. The van der Waals surface area contributed by atoms with E-state index in [1.165, 1.54) is 29.3 Å². The van der Waals surface area contributed by atoms with E-state index >= 15 is 0 Å². The first-order valence-electron chi connectivity index (χ1n) is 8.06. The predicted molar refractivity (Wildman–Crippen MR) is 95.9 cm³/mol. The lowest BCUT2D eigenvalue weighted by molar-refractivity contribution is -0.385. The topological polar surface area (TPSA) is 104 Å². The molecule has 0 saturated heterocycles. The number of para-hydroxylation sites is 2. The summed E-state index contributed by atoms with van der Waals surface area (Å²) in [6, 6.07) is 6.25. The number of ether oxygens (including phenoxy) is 1. The third kappa shape index (κ3) is 2.89. The highest BCUT2D eigenvalue weighted by molar-refractivity contribution is 7.19. The summed E-state index contributed by atoms with van der Waals surface area (Å²) >= 11 is 1.66. The number of hydrogen-bond donors (Lipinski definition) is 1. The van der Waals surface area contributed by atoms with Crippen LogP contribution in [0.2, 0.25) is 0 Å². The molecule has 2 N–H and O–H groups in total. The molecule has 0 aliphatic heterocycles. The van der Waals surface area contributed by atoms with E-state index in [1.54, 1.807) is 29.5 Å². The number of nitrogen functional groups attached to an aromatic ring is 1.